The summed E-state index contributed by atoms with van der Waals surface area (Å²) in [4.78, 5) is 3.86. The molecule has 40 heavy (non-hydrogen) atoms. The molecule has 2 atom stereocenters. The fourth-order valence-electron chi connectivity index (χ4n) is 4.74. The zero-order valence-corrected chi connectivity index (χ0v) is 23.6. The van der Waals surface area contributed by atoms with Crippen molar-refractivity contribution in [2.75, 3.05) is 0 Å². The molecule has 0 fully saturated rings. The minimum atomic E-state index is -0.390. The number of rotatable bonds is 6. The van der Waals surface area contributed by atoms with Gasteiger partial charge in [0.15, 0.2) is 0 Å². The predicted octanol–water partition coefficient (Wildman–Crippen LogP) is 7.35. The highest BCUT2D eigenvalue weighted by Crippen LogP contribution is 2.49. The van der Waals surface area contributed by atoms with Crippen molar-refractivity contribution < 1.29 is 9.47 Å². The molecule has 0 aromatic heterocycles. The average molecular weight is 563 g/mol. The monoisotopic (exact) mass is 562 g/mol. The van der Waals surface area contributed by atoms with Crippen LogP contribution in [0.5, 0.6) is 0 Å². The molecule has 5 rings (SSSR count). The zero-order chi connectivity index (χ0) is 28.2. The van der Waals surface area contributed by atoms with Crippen LogP contribution in [0.3, 0.4) is 0 Å². The molecule has 6 nitrogen and oxygen atoms in total. The van der Waals surface area contributed by atoms with Crippen LogP contribution in [-0.2, 0) is 9.47 Å². The molecule has 198 valence electrons. The summed E-state index contributed by atoms with van der Waals surface area (Å²) in [6, 6.07) is 32.4. The van der Waals surface area contributed by atoms with E-state index in [1.807, 2.05) is 98.8 Å². The Bertz CT molecular complexity index is 1520. The van der Waals surface area contributed by atoms with Gasteiger partial charge in [0, 0.05) is 19.6 Å². The van der Waals surface area contributed by atoms with Gasteiger partial charge in [-0.3, -0.25) is 0 Å². The lowest BCUT2D eigenvalue weighted by Crippen LogP contribution is -2.20. The molecular weight excluding hydrogens is 537 g/mol. The Morgan fingerprint density at radius 3 is 1.27 bits per heavy atom. The zero-order valence-electron chi connectivity index (χ0n) is 21.9. The van der Waals surface area contributed by atoms with Crippen molar-refractivity contribution in [3.05, 3.63) is 140 Å². The average Bonchev–Trinajstić information content (AvgIpc) is 2.96. The summed E-state index contributed by atoms with van der Waals surface area (Å²) in [5.41, 5.74) is 14.9. The number of nitrogens with zero attached hydrogens (tertiary/aromatic N) is 2. The summed E-state index contributed by atoms with van der Waals surface area (Å²) in [6.45, 7) is 3.73. The maximum atomic E-state index is 10.0. The van der Waals surface area contributed by atoms with Gasteiger partial charge in [0.2, 0.25) is 11.8 Å². The fraction of sp³-hybridized carbons (Fsp3) is 0.125. The van der Waals surface area contributed by atoms with Gasteiger partial charge in [-0.05, 0) is 49.2 Å². The van der Waals surface area contributed by atoms with E-state index in [0.29, 0.717) is 22.7 Å². The van der Waals surface area contributed by atoms with Gasteiger partial charge in [-0.2, -0.15) is 10.5 Å². The van der Waals surface area contributed by atoms with Crippen LogP contribution in [0, 0.1) is 22.7 Å². The third-order valence-electron chi connectivity index (χ3n) is 6.64. The lowest BCUT2D eigenvalue weighted by atomic mass is 9.85. The molecule has 3 aromatic carbocycles. The van der Waals surface area contributed by atoms with E-state index < -0.39 is 0 Å². The molecule has 0 bridgehead atoms. The Morgan fingerprint density at radius 1 is 0.600 bits per heavy atom. The van der Waals surface area contributed by atoms with Crippen molar-refractivity contribution in [1.82, 2.24) is 0 Å². The normalized spacial score (nSPS) is 19.1. The summed E-state index contributed by atoms with van der Waals surface area (Å²) >= 11 is 3.11. The molecular formula is C32H26N4O2S2. The molecule has 8 heteroatoms. The van der Waals surface area contributed by atoms with E-state index in [9.17, 15) is 10.5 Å². The van der Waals surface area contributed by atoms with Crippen LogP contribution >= 0.6 is 23.5 Å². The SMILES string of the molecule is CC1=C(Sc2ccccc2)C(c2ccc(C3C(C#N)=C(N)OC(C)=C3Sc3ccccc3)cc2)C(C#N)=C(N)O1. The highest BCUT2D eigenvalue weighted by molar-refractivity contribution is 8.03. The van der Waals surface area contributed by atoms with E-state index >= 15 is 0 Å². The van der Waals surface area contributed by atoms with Gasteiger partial charge in [0.1, 0.15) is 34.8 Å². The summed E-state index contributed by atoms with van der Waals surface area (Å²) in [5.74, 6) is 0.758. The van der Waals surface area contributed by atoms with Crippen molar-refractivity contribution in [2.24, 2.45) is 11.5 Å². The molecule has 3 aromatic rings. The number of hydrogen-bond acceptors (Lipinski definition) is 8. The molecule has 2 heterocycles. The number of nitrogens with two attached hydrogens (primary N) is 2. The van der Waals surface area contributed by atoms with Gasteiger partial charge in [-0.15, -0.1) is 0 Å². The lowest BCUT2D eigenvalue weighted by Gasteiger charge is -2.29. The Balaban J connectivity index is 1.55. The number of ether oxygens (including phenoxy) is 2. The second kappa shape index (κ2) is 11.7. The van der Waals surface area contributed by atoms with E-state index in [1.54, 1.807) is 23.5 Å². The Morgan fingerprint density at radius 2 is 0.950 bits per heavy atom. The third kappa shape index (κ3) is 5.33. The molecule has 0 amide bonds. The van der Waals surface area contributed by atoms with E-state index in [1.165, 1.54) is 0 Å². The highest BCUT2D eigenvalue weighted by atomic mass is 32.2. The molecule has 2 unspecified atom stereocenters. The summed E-state index contributed by atoms with van der Waals surface area (Å²) in [5, 5.41) is 20.1. The van der Waals surface area contributed by atoms with Gasteiger partial charge in [-0.25, -0.2) is 0 Å². The molecule has 0 saturated heterocycles. The topological polar surface area (TPSA) is 118 Å². The summed E-state index contributed by atoms with van der Waals surface area (Å²) in [6.07, 6.45) is 0. The second-order valence-corrected chi connectivity index (χ2v) is 11.4. The number of benzene rings is 3. The molecule has 0 saturated carbocycles. The number of hydrogen-bond donors (Lipinski definition) is 2. The summed E-state index contributed by atoms with van der Waals surface area (Å²) < 4.78 is 11.6. The van der Waals surface area contributed by atoms with E-state index in [2.05, 4.69) is 12.1 Å². The quantitative estimate of drug-likeness (QED) is 0.320. The van der Waals surface area contributed by atoms with Crippen LogP contribution in [0.2, 0.25) is 0 Å². The van der Waals surface area contributed by atoms with Crippen molar-refractivity contribution in [2.45, 2.75) is 35.5 Å². The minimum absolute atomic E-state index is 0.110. The maximum Gasteiger partial charge on any atom is 0.205 e. The summed E-state index contributed by atoms with van der Waals surface area (Å²) in [7, 11) is 0. The maximum absolute atomic E-state index is 10.0. The smallest absolute Gasteiger partial charge is 0.205 e. The lowest BCUT2D eigenvalue weighted by molar-refractivity contribution is 0.284. The fourth-order valence-corrected chi connectivity index (χ4v) is 6.95. The first-order valence-electron chi connectivity index (χ1n) is 12.5. The van der Waals surface area contributed by atoms with E-state index in [-0.39, 0.29) is 23.6 Å². The van der Waals surface area contributed by atoms with E-state index in [0.717, 1.165) is 30.7 Å². The molecule has 2 aliphatic heterocycles. The first kappa shape index (κ1) is 27.1. The first-order valence-corrected chi connectivity index (χ1v) is 14.2. The van der Waals surface area contributed by atoms with Crippen molar-refractivity contribution in [1.29, 1.82) is 10.5 Å². The van der Waals surface area contributed by atoms with Crippen LogP contribution in [0.4, 0.5) is 0 Å². The Hall–Kier alpha value is -4.50. The molecule has 2 aliphatic rings. The molecule has 4 N–H and O–H groups in total. The van der Waals surface area contributed by atoms with Gasteiger partial charge < -0.3 is 20.9 Å². The van der Waals surface area contributed by atoms with Gasteiger partial charge in [0.25, 0.3) is 0 Å². The molecule has 0 spiro atoms. The number of allylic oxidation sites excluding steroid dienone is 6. The molecule has 0 aliphatic carbocycles. The first-order chi connectivity index (χ1) is 19.4. The van der Waals surface area contributed by atoms with E-state index in [4.69, 9.17) is 20.9 Å². The largest absolute Gasteiger partial charge is 0.444 e. The second-order valence-electron chi connectivity index (χ2n) is 9.19. The van der Waals surface area contributed by atoms with Crippen LogP contribution in [0.1, 0.15) is 36.8 Å². The predicted molar refractivity (Wildman–Crippen MR) is 158 cm³/mol. The van der Waals surface area contributed by atoms with Crippen LogP contribution < -0.4 is 11.5 Å². The minimum Gasteiger partial charge on any atom is -0.444 e. The van der Waals surface area contributed by atoms with Gasteiger partial charge >= 0.3 is 0 Å². The number of nitriles is 2. The standard InChI is InChI=1S/C32H26N4O2S2/c1-19-29(39-23-9-5-3-6-10-23)27(25(17-33)31(35)37-19)21-13-15-22(16-14-21)28-26(18-34)32(36)38-20(2)30(28)40-24-11-7-4-8-12-24/h3-16,27-28H,35-36H2,1-2H3. The highest BCUT2D eigenvalue weighted by Gasteiger charge is 2.34. The van der Waals surface area contributed by atoms with Gasteiger partial charge in [-0.1, -0.05) is 84.2 Å². The van der Waals surface area contributed by atoms with Crippen molar-refractivity contribution in [3.8, 4) is 12.1 Å². The van der Waals surface area contributed by atoms with Crippen LogP contribution in [0.15, 0.2) is 139 Å². The van der Waals surface area contributed by atoms with Crippen molar-refractivity contribution in [3.63, 3.8) is 0 Å². The van der Waals surface area contributed by atoms with Crippen molar-refractivity contribution >= 4 is 23.5 Å². The van der Waals surface area contributed by atoms with Gasteiger partial charge in [0.05, 0.1) is 11.8 Å². The Labute approximate surface area is 242 Å². The van der Waals surface area contributed by atoms with Crippen LogP contribution in [-0.4, -0.2) is 0 Å². The number of thioether (sulfide) groups is 2. The van der Waals surface area contributed by atoms with Crippen LogP contribution in [0.25, 0.3) is 0 Å². The third-order valence-corrected chi connectivity index (χ3v) is 9.14. The molecule has 0 radical (unpaired) electrons. The Kier molecular flexibility index (Phi) is 7.93.